The number of rotatable bonds is 0. The number of nitrogens with two attached hydrogens (primary N) is 1. The van der Waals surface area contributed by atoms with E-state index in [1.807, 2.05) is 7.05 Å². The van der Waals surface area contributed by atoms with E-state index in [1.54, 1.807) is 4.90 Å². The largest absolute Gasteiger partial charge is 0.376 e. The van der Waals surface area contributed by atoms with Gasteiger partial charge in [-0.1, -0.05) is 0 Å². The Morgan fingerprint density at radius 3 is 2.70 bits per heavy atom. The molecule has 1 heterocycles. The summed E-state index contributed by atoms with van der Waals surface area (Å²) in [5.41, 5.74) is 5.41. The lowest BCUT2D eigenvalue weighted by molar-refractivity contribution is -0.127. The van der Waals surface area contributed by atoms with E-state index in [0.717, 1.165) is 0 Å². The van der Waals surface area contributed by atoms with Crippen LogP contribution in [0, 0.1) is 0 Å². The summed E-state index contributed by atoms with van der Waals surface area (Å²) >= 11 is 0. The molecule has 3 N–H and O–H groups in total. The molecule has 1 fully saturated rings. The molecule has 0 bridgehead atoms. The molecule has 0 aromatic rings. The van der Waals surface area contributed by atoms with Gasteiger partial charge < -0.3 is 15.6 Å². The van der Waals surface area contributed by atoms with E-state index in [-0.39, 0.29) is 18.6 Å². The number of morpholine rings is 1. The third-order valence-corrected chi connectivity index (χ3v) is 1.44. The molecule has 1 aliphatic heterocycles. The van der Waals surface area contributed by atoms with Gasteiger partial charge in [-0.2, -0.15) is 0 Å². The third-order valence-electron chi connectivity index (χ3n) is 1.44. The average Bonchev–Trinajstić information content (AvgIpc) is 1.80. The van der Waals surface area contributed by atoms with Gasteiger partial charge in [0.1, 0.15) is 12.5 Å². The van der Waals surface area contributed by atoms with Crippen molar-refractivity contribution in [3.8, 4) is 0 Å². The molecule has 0 spiro atoms. The van der Waals surface area contributed by atoms with Crippen molar-refractivity contribution in [1.29, 1.82) is 0 Å². The first-order chi connectivity index (χ1) is 4.20. The van der Waals surface area contributed by atoms with Gasteiger partial charge in [0.2, 0.25) is 0 Å². The van der Waals surface area contributed by atoms with Gasteiger partial charge in [-0.25, -0.2) is 0 Å². The van der Waals surface area contributed by atoms with Gasteiger partial charge in [0, 0.05) is 6.54 Å². The summed E-state index contributed by atoms with van der Waals surface area (Å²) in [5.74, 6) is 0. The van der Waals surface area contributed by atoms with Crippen molar-refractivity contribution in [2.45, 2.75) is 12.5 Å². The number of nitrogens with zero attached hydrogens (tertiary/aromatic N) is 1. The van der Waals surface area contributed by atoms with Gasteiger partial charge in [-0.3, -0.25) is 4.90 Å². The molecule has 2 unspecified atom stereocenters. The lowest BCUT2D eigenvalue weighted by Crippen LogP contribution is -2.50. The van der Waals surface area contributed by atoms with Crippen LogP contribution in [0.1, 0.15) is 0 Å². The minimum Gasteiger partial charge on any atom is -0.376 e. The van der Waals surface area contributed by atoms with Crippen molar-refractivity contribution in [2.75, 3.05) is 20.2 Å². The molecule has 0 amide bonds. The Morgan fingerprint density at radius 2 is 2.30 bits per heavy atom. The Kier molecular flexibility index (Phi) is 4.15. The number of aliphatic hydroxyl groups is 1. The molecular formula is C5H13ClN2O2. The van der Waals surface area contributed by atoms with Gasteiger partial charge in [0.25, 0.3) is 0 Å². The van der Waals surface area contributed by atoms with Gasteiger partial charge in [-0.05, 0) is 7.05 Å². The highest BCUT2D eigenvalue weighted by molar-refractivity contribution is 5.85. The fraction of sp³-hybridized carbons (Fsp3) is 1.00. The molecule has 0 aliphatic carbocycles. The number of hydrogen-bond donors (Lipinski definition) is 2. The summed E-state index contributed by atoms with van der Waals surface area (Å²) < 4.78 is 4.95. The van der Waals surface area contributed by atoms with Crippen LogP contribution in [0.4, 0.5) is 0 Å². The highest BCUT2D eigenvalue weighted by atomic mass is 35.5. The second-order valence-corrected chi connectivity index (χ2v) is 2.29. The van der Waals surface area contributed by atoms with Crippen molar-refractivity contribution in [3.63, 3.8) is 0 Å². The lowest BCUT2D eigenvalue weighted by atomic mass is 10.4. The zero-order chi connectivity index (χ0) is 6.85. The summed E-state index contributed by atoms with van der Waals surface area (Å²) in [7, 11) is 1.81. The van der Waals surface area contributed by atoms with Crippen LogP contribution in [0.25, 0.3) is 0 Å². The quantitative estimate of drug-likeness (QED) is 0.486. The van der Waals surface area contributed by atoms with Gasteiger partial charge >= 0.3 is 0 Å². The summed E-state index contributed by atoms with van der Waals surface area (Å²) in [6, 6.07) is 0. The molecule has 0 aromatic carbocycles. The summed E-state index contributed by atoms with van der Waals surface area (Å²) in [6.07, 6.45) is -0.719. The standard InChI is InChI=1S/C5H12N2O2.ClH/c1-7-2-4(6)9-3-5(7)8;/h4-5,8H,2-3,6H2,1H3;1H. The van der Waals surface area contributed by atoms with Crippen LogP contribution in [-0.2, 0) is 4.74 Å². The first-order valence-corrected chi connectivity index (χ1v) is 2.95. The first-order valence-electron chi connectivity index (χ1n) is 2.95. The molecule has 0 saturated carbocycles. The molecule has 4 nitrogen and oxygen atoms in total. The van der Waals surface area contributed by atoms with Crippen LogP contribution < -0.4 is 5.73 Å². The normalized spacial score (nSPS) is 35.1. The molecule has 2 atom stereocenters. The lowest BCUT2D eigenvalue weighted by Gasteiger charge is -2.31. The Hall–Kier alpha value is 0.130. The smallest absolute Gasteiger partial charge is 0.130 e. The van der Waals surface area contributed by atoms with Crippen molar-refractivity contribution in [2.24, 2.45) is 5.73 Å². The third kappa shape index (κ3) is 2.40. The maximum atomic E-state index is 9.04. The van der Waals surface area contributed by atoms with Crippen LogP contribution >= 0.6 is 12.4 Å². The maximum absolute atomic E-state index is 9.04. The molecular weight excluding hydrogens is 156 g/mol. The zero-order valence-corrected chi connectivity index (χ0v) is 6.67. The highest BCUT2D eigenvalue weighted by Crippen LogP contribution is 2.02. The number of halogens is 1. The maximum Gasteiger partial charge on any atom is 0.130 e. The van der Waals surface area contributed by atoms with Crippen LogP contribution in [0.2, 0.25) is 0 Å². The first kappa shape index (κ1) is 10.1. The van der Waals surface area contributed by atoms with Crippen LogP contribution in [-0.4, -0.2) is 42.7 Å². The molecule has 0 radical (unpaired) electrons. The van der Waals surface area contributed by atoms with Gasteiger partial charge in [0.05, 0.1) is 6.61 Å². The van der Waals surface area contributed by atoms with Crippen molar-refractivity contribution in [3.05, 3.63) is 0 Å². The predicted octanol–water partition coefficient (Wildman–Crippen LogP) is -1.03. The van der Waals surface area contributed by atoms with E-state index < -0.39 is 6.23 Å². The Morgan fingerprint density at radius 1 is 1.70 bits per heavy atom. The van der Waals surface area contributed by atoms with E-state index in [0.29, 0.717) is 13.2 Å². The van der Waals surface area contributed by atoms with E-state index in [2.05, 4.69) is 0 Å². The monoisotopic (exact) mass is 168 g/mol. The van der Waals surface area contributed by atoms with Crippen LogP contribution in [0.3, 0.4) is 0 Å². The molecule has 1 saturated heterocycles. The fourth-order valence-corrected chi connectivity index (χ4v) is 0.795. The minimum atomic E-state index is -0.482. The molecule has 62 valence electrons. The van der Waals surface area contributed by atoms with Crippen LogP contribution in [0.5, 0.6) is 0 Å². The molecule has 10 heavy (non-hydrogen) atoms. The van der Waals surface area contributed by atoms with E-state index >= 15 is 0 Å². The molecule has 1 aliphatic rings. The minimum absolute atomic E-state index is 0. The van der Waals surface area contributed by atoms with E-state index in [4.69, 9.17) is 15.6 Å². The summed E-state index contributed by atoms with van der Waals surface area (Å²) in [5, 5.41) is 9.04. The number of aliphatic hydroxyl groups excluding tert-OH is 1. The highest BCUT2D eigenvalue weighted by Gasteiger charge is 2.20. The molecule has 5 heteroatoms. The average molecular weight is 169 g/mol. The second kappa shape index (κ2) is 4.10. The SMILES string of the molecule is CN1CC(N)OCC1O.Cl. The Labute approximate surface area is 66.4 Å². The predicted molar refractivity (Wildman–Crippen MR) is 39.8 cm³/mol. The summed E-state index contributed by atoms with van der Waals surface area (Å²) in [4.78, 5) is 1.76. The number of ether oxygens (including phenoxy) is 1. The number of likely N-dealkylation sites (N-methyl/N-ethyl adjacent to an activating group) is 1. The second-order valence-electron chi connectivity index (χ2n) is 2.29. The van der Waals surface area contributed by atoms with Crippen molar-refractivity contribution >= 4 is 12.4 Å². The number of hydrogen-bond acceptors (Lipinski definition) is 4. The fourth-order valence-electron chi connectivity index (χ4n) is 0.795. The van der Waals surface area contributed by atoms with E-state index in [1.165, 1.54) is 0 Å². The zero-order valence-electron chi connectivity index (χ0n) is 5.86. The van der Waals surface area contributed by atoms with Gasteiger partial charge in [-0.15, -0.1) is 12.4 Å². The van der Waals surface area contributed by atoms with E-state index in [9.17, 15) is 0 Å². The van der Waals surface area contributed by atoms with Crippen LogP contribution in [0.15, 0.2) is 0 Å². The molecule has 1 rings (SSSR count). The summed E-state index contributed by atoms with van der Waals surface area (Å²) in [6.45, 7) is 0.916. The topological polar surface area (TPSA) is 58.7 Å². The van der Waals surface area contributed by atoms with Crippen molar-refractivity contribution in [1.82, 2.24) is 4.90 Å². The van der Waals surface area contributed by atoms with Gasteiger partial charge in [0.15, 0.2) is 0 Å². The Balaban J connectivity index is 0.000000810. The Bertz CT molecular complexity index is 104. The van der Waals surface area contributed by atoms with Crippen molar-refractivity contribution < 1.29 is 9.84 Å². The molecule has 0 aromatic heterocycles.